The summed E-state index contributed by atoms with van der Waals surface area (Å²) in [5, 5.41) is 0. The number of hydrogen-bond acceptors (Lipinski definition) is 3. The molecule has 1 heterocycles. The molecule has 0 bridgehead atoms. The summed E-state index contributed by atoms with van der Waals surface area (Å²) in [5.41, 5.74) is 1.21. The first kappa shape index (κ1) is 14.8. The Morgan fingerprint density at radius 1 is 1.33 bits per heavy atom. The third kappa shape index (κ3) is 3.37. The molecular formula is C15H24O3. The molecule has 3 heteroatoms. The molecule has 18 heavy (non-hydrogen) atoms. The van der Waals surface area contributed by atoms with Crippen LogP contribution in [0.1, 0.15) is 63.0 Å². The van der Waals surface area contributed by atoms with Crippen LogP contribution in [-0.2, 0) is 22.4 Å². The number of carbonyl (C=O) groups is 1. The highest BCUT2D eigenvalue weighted by atomic mass is 16.5. The number of ether oxygens (including phenoxy) is 1. The summed E-state index contributed by atoms with van der Waals surface area (Å²) in [6.07, 6.45) is 4.67. The van der Waals surface area contributed by atoms with Gasteiger partial charge in [-0.3, -0.25) is 4.79 Å². The minimum atomic E-state index is -0.249. The monoisotopic (exact) mass is 252 g/mol. The average molecular weight is 252 g/mol. The van der Waals surface area contributed by atoms with Crippen LogP contribution in [-0.4, -0.2) is 13.1 Å². The molecule has 0 aliphatic rings. The van der Waals surface area contributed by atoms with Crippen LogP contribution < -0.4 is 0 Å². The zero-order chi connectivity index (χ0) is 13.5. The zero-order valence-electron chi connectivity index (χ0n) is 11.9. The molecule has 3 nitrogen and oxygen atoms in total. The van der Waals surface area contributed by atoms with Crippen molar-refractivity contribution in [2.75, 3.05) is 7.11 Å². The first-order valence-corrected chi connectivity index (χ1v) is 6.87. The molecule has 1 rings (SSSR count). The van der Waals surface area contributed by atoms with Crippen molar-refractivity contribution in [1.29, 1.82) is 0 Å². The fraction of sp³-hybridized carbons (Fsp3) is 0.667. The zero-order valence-corrected chi connectivity index (χ0v) is 11.9. The maximum atomic E-state index is 11.8. The normalized spacial score (nSPS) is 12.4. The molecular weight excluding hydrogens is 228 g/mol. The van der Waals surface area contributed by atoms with E-state index in [2.05, 4.69) is 20.8 Å². The molecule has 0 N–H and O–H groups in total. The lowest BCUT2D eigenvalue weighted by molar-refractivity contribution is -0.143. The number of unbranched alkanes of at least 4 members (excludes halogenated alkanes) is 1. The van der Waals surface area contributed by atoms with Crippen molar-refractivity contribution in [3.05, 3.63) is 23.2 Å². The Balaban J connectivity index is 2.96. The summed E-state index contributed by atoms with van der Waals surface area (Å²) in [5.74, 6) is 1.32. The second-order valence-corrected chi connectivity index (χ2v) is 4.52. The van der Waals surface area contributed by atoms with E-state index >= 15 is 0 Å². The molecule has 0 radical (unpaired) electrons. The molecule has 0 aliphatic heterocycles. The topological polar surface area (TPSA) is 39.4 Å². The van der Waals surface area contributed by atoms with Crippen LogP contribution >= 0.6 is 0 Å². The van der Waals surface area contributed by atoms with Crippen LogP contribution in [0.4, 0.5) is 0 Å². The van der Waals surface area contributed by atoms with E-state index in [0.717, 1.165) is 43.6 Å². The lowest BCUT2D eigenvalue weighted by atomic mass is 9.99. The Morgan fingerprint density at radius 2 is 2.06 bits per heavy atom. The van der Waals surface area contributed by atoms with Gasteiger partial charge >= 0.3 is 5.97 Å². The molecule has 0 amide bonds. The molecule has 0 saturated carbocycles. The van der Waals surface area contributed by atoms with E-state index in [-0.39, 0.29) is 11.9 Å². The van der Waals surface area contributed by atoms with E-state index in [1.54, 1.807) is 0 Å². The highest BCUT2D eigenvalue weighted by molar-refractivity contribution is 5.77. The number of hydrogen-bond donors (Lipinski definition) is 0. The number of aryl methyl sites for hydroxylation is 2. The van der Waals surface area contributed by atoms with Gasteiger partial charge in [0.2, 0.25) is 0 Å². The number of furan rings is 1. The summed E-state index contributed by atoms with van der Waals surface area (Å²) < 4.78 is 10.7. The quantitative estimate of drug-likeness (QED) is 0.692. The summed E-state index contributed by atoms with van der Waals surface area (Å²) in [6.45, 7) is 6.29. The molecule has 0 spiro atoms. The first-order chi connectivity index (χ1) is 8.67. The maximum absolute atomic E-state index is 11.8. The lowest BCUT2D eigenvalue weighted by Crippen LogP contribution is -2.13. The fourth-order valence-corrected chi connectivity index (χ4v) is 2.19. The van der Waals surface area contributed by atoms with E-state index < -0.39 is 0 Å². The number of rotatable bonds is 7. The Morgan fingerprint density at radius 3 is 2.50 bits per heavy atom. The fourth-order valence-electron chi connectivity index (χ4n) is 2.19. The van der Waals surface area contributed by atoms with Crippen molar-refractivity contribution in [1.82, 2.24) is 0 Å². The molecule has 0 aromatic carbocycles. The van der Waals surface area contributed by atoms with E-state index in [9.17, 15) is 4.79 Å². The summed E-state index contributed by atoms with van der Waals surface area (Å²) in [7, 11) is 1.44. The van der Waals surface area contributed by atoms with E-state index in [4.69, 9.17) is 9.15 Å². The number of carbonyl (C=O) groups excluding carboxylic acids is 1. The van der Waals surface area contributed by atoms with Gasteiger partial charge in [-0.15, -0.1) is 0 Å². The van der Waals surface area contributed by atoms with Crippen LogP contribution in [0.25, 0.3) is 0 Å². The molecule has 102 valence electrons. The van der Waals surface area contributed by atoms with E-state index in [1.165, 1.54) is 12.7 Å². The van der Waals surface area contributed by atoms with Crippen molar-refractivity contribution < 1.29 is 13.9 Å². The van der Waals surface area contributed by atoms with Crippen LogP contribution in [0, 0.1) is 0 Å². The molecule has 1 aromatic heterocycles. The summed E-state index contributed by atoms with van der Waals surface area (Å²) in [4.78, 5) is 11.8. The Hall–Kier alpha value is -1.25. The summed E-state index contributed by atoms with van der Waals surface area (Å²) >= 11 is 0. The molecule has 1 unspecified atom stereocenters. The average Bonchev–Trinajstić information content (AvgIpc) is 2.81. The van der Waals surface area contributed by atoms with Gasteiger partial charge in [0, 0.05) is 6.42 Å². The van der Waals surface area contributed by atoms with Gasteiger partial charge in [-0.2, -0.15) is 0 Å². The standard InChI is InChI=1S/C15H24O3/c1-5-8-9-12(15(16)17-4)14-10-11(6-2)13(7-3)18-14/h10,12H,5-9H2,1-4H3. The van der Waals surface area contributed by atoms with Gasteiger partial charge in [0.05, 0.1) is 7.11 Å². The Bertz CT molecular complexity index is 358. The first-order valence-electron chi connectivity index (χ1n) is 6.87. The smallest absolute Gasteiger partial charge is 0.316 e. The van der Waals surface area contributed by atoms with Gasteiger partial charge in [0.1, 0.15) is 17.4 Å². The van der Waals surface area contributed by atoms with Crippen molar-refractivity contribution >= 4 is 5.97 Å². The van der Waals surface area contributed by atoms with Gasteiger partial charge in [-0.05, 0) is 24.5 Å². The second-order valence-electron chi connectivity index (χ2n) is 4.52. The molecule has 0 aliphatic carbocycles. The van der Waals surface area contributed by atoms with Gasteiger partial charge in [-0.1, -0.05) is 33.6 Å². The molecule has 1 atom stereocenters. The predicted molar refractivity (Wildman–Crippen MR) is 71.7 cm³/mol. The number of esters is 1. The van der Waals surface area contributed by atoms with Crippen LogP contribution in [0.15, 0.2) is 10.5 Å². The Kier molecular flexibility index (Phi) is 5.96. The third-order valence-electron chi connectivity index (χ3n) is 3.29. The minimum Gasteiger partial charge on any atom is -0.468 e. The minimum absolute atomic E-state index is 0.192. The van der Waals surface area contributed by atoms with Crippen LogP contribution in [0.5, 0.6) is 0 Å². The lowest BCUT2D eigenvalue weighted by Gasteiger charge is -2.11. The van der Waals surface area contributed by atoms with E-state index in [1.807, 2.05) is 6.07 Å². The largest absolute Gasteiger partial charge is 0.468 e. The number of methoxy groups -OCH3 is 1. The van der Waals surface area contributed by atoms with Crippen molar-refractivity contribution in [2.24, 2.45) is 0 Å². The Labute approximate surface area is 110 Å². The second kappa shape index (κ2) is 7.24. The van der Waals surface area contributed by atoms with Crippen LogP contribution in [0.2, 0.25) is 0 Å². The molecule has 0 saturated heterocycles. The predicted octanol–water partition coefficient (Wildman–Crippen LogP) is 3.85. The van der Waals surface area contributed by atoms with Crippen molar-refractivity contribution in [3.8, 4) is 0 Å². The SMILES string of the molecule is CCCCC(C(=O)OC)c1cc(CC)c(CC)o1. The molecule has 1 aromatic rings. The van der Waals surface area contributed by atoms with Gasteiger partial charge < -0.3 is 9.15 Å². The third-order valence-corrected chi connectivity index (χ3v) is 3.29. The molecule has 0 fully saturated rings. The van der Waals surface area contributed by atoms with Gasteiger partial charge in [-0.25, -0.2) is 0 Å². The van der Waals surface area contributed by atoms with Crippen LogP contribution in [0.3, 0.4) is 0 Å². The van der Waals surface area contributed by atoms with E-state index in [0.29, 0.717) is 0 Å². The van der Waals surface area contributed by atoms with Gasteiger partial charge in [0.25, 0.3) is 0 Å². The maximum Gasteiger partial charge on any atom is 0.316 e. The highest BCUT2D eigenvalue weighted by Gasteiger charge is 2.25. The van der Waals surface area contributed by atoms with Crippen molar-refractivity contribution in [2.45, 2.75) is 58.8 Å². The summed E-state index contributed by atoms with van der Waals surface area (Å²) in [6, 6.07) is 2.02. The van der Waals surface area contributed by atoms with Gasteiger partial charge in [0.15, 0.2) is 0 Å². The van der Waals surface area contributed by atoms with Crippen molar-refractivity contribution in [3.63, 3.8) is 0 Å². The highest BCUT2D eigenvalue weighted by Crippen LogP contribution is 2.28.